The lowest BCUT2D eigenvalue weighted by molar-refractivity contribution is 0.228. The van der Waals surface area contributed by atoms with Crippen molar-refractivity contribution in [3.05, 3.63) is 11.8 Å². The molecule has 1 saturated heterocycles. The summed E-state index contributed by atoms with van der Waals surface area (Å²) in [6, 6.07) is 0. The van der Waals surface area contributed by atoms with Crippen LogP contribution in [0.3, 0.4) is 0 Å². The fourth-order valence-corrected chi connectivity index (χ4v) is 5.93. The first-order valence-electron chi connectivity index (χ1n) is 8.11. The molecule has 2 rings (SSSR count). The van der Waals surface area contributed by atoms with Crippen molar-refractivity contribution in [2.24, 2.45) is 0 Å². The second kappa shape index (κ2) is 6.97. The third-order valence-corrected chi connectivity index (χ3v) is 7.83. The molecule has 0 amide bonds. The second-order valence-corrected chi connectivity index (χ2v) is 8.77. The molecule has 0 bridgehead atoms. The molecule has 0 aromatic rings. The smallest absolute Gasteiger partial charge is 0.155 e. The van der Waals surface area contributed by atoms with E-state index < -0.39 is 14.6 Å². The minimum absolute atomic E-state index is 0.381. The summed E-state index contributed by atoms with van der Waals surface area (Å²) in [4.78, 5) is 0. The minimum Gasteiger partial charge on any atom is -0.501 e. The highest BCUT2D eigenvalue weighted by Crippen LogP contribution is 2.37. The number of hydrogen-bond donors (Lipinski definition) is 0. The largest absolute Gasteiger partial charge is 0.501 e. The van der Waals surface area contributed by atoms with Crippen LogP contribution in [0.25, 0.3) is 0 Å². The number of ether oxygens (including phenoxy) is 1. The number of allylic oxidation sites excluding steroid dienone is 1. The normalized spacial score (nSPS) is 29.4. The van der Waals surface area contributed by atoms with Crippen LogP contribution in [0.1, 0.15) is 71.1 Å². The molecule has 2 aliphatic rings. The van der Waals surface area contributed by atoms with Gasteiger partial charge >= 0.3 is 0 Å². The highest BCUT2D eigenvalue weighted by atomic mass is 32.2. The van der Waals surface area contributed by atoms with Gasteiger partial charge in [0, 0.05) is 0 Å². The second-order valence-electron chi connectivity index (χ2n) is 6.27. The summed E-state index contributed by atoms with van der Waals surface area (Å²) in [5, 5.41) is 0. The first-order chi connectivity index (χ1) is 9.60. The maximum Gasteiger partial charge on any atom is 0.155 e. The van der Waals surface area contributed by atoms with Crippen molar-refractivity contribution >= 4 is 9.84 Å². The van der Waals surface area contributed by atoms with Crippen molar-refractivity contribution in [2.45, 2.75) is 75.9 Å². The van der Waals surface area contributed by atoms with Gasteiger partial charge in [0.25, 0.3) is 0 Å². The summed E-state index contributed by atoms with van der Waals surface area (Å²) in [5.41, 5.74) is 1.42. The average Bonchev–Trinajstić information content (AvgIpc) is 2.93. The van der Waals surface area contributed by atoms with Crippen molar-refractivity contribution in [3.8, 4) is 0 Å². The van der Waals surface area contributed by atoms with Gasteiger partial charge in [0.15, 0.2) is 9.84 Å². The highest BCUT2D eigenvalue weighted by Gasteiger charge is 2.42. The van der Waals surface area contributed by atoms with Crippen molar-refractivity contribution < 1.29 is 13.2 Å². The molecule has 0 radical (unpaired) electrons. The Morgan fingerprint density at radius 1 is 1.20 bits per heavy atom. The van der Waals surface area contributed by atoms with Crippen LogP contribution in [-0.2, 0) is 14.6 Å². The molecule has 116 valence electrons. The molecule has 1 aliphatic carbocycles. The van der Waals surface area contributed by atoms with Crippen LogP contribution in [0.5, 0.6) is 0 Å². The molecule has 1 aliphatic heterocycles. The molecule has 1 unspecified atom stereocenters. The lowest BCUT2D eigenvalue weighted by Crippen LogP contribution is -2.42. The molecule has 1 heterocycles. The molecule has 0 spiro atoms. The van der Waals surface area contributed by atoms with E-state index in [1.807, 2.05) is 13.2 Å². The van der Waals surface area contributed by atoms with Crippen molar-refractivity contribution in [1.29, 1.82) is 0 Å². The molecule has 2 fully saturated rings. The van der Waals surface area contributed by atoms with Crippen LogP contribution < -0.4 is 0 Å². The van der Waals surface area contributed by atoms with E-state index >= 15 is 0 Å². The zero-order valence-electron chi connectivity index (χ0n) is 12.7. The Labute approximate surface area is 123 Å². The Balaban J connectivity index is 1.80. The fourth-order valence-electron chi connectivity index (χ4n) is 3.57. The summed E-state index contributed by atoms with van der Waals surface area (Å²) in [6.45, 7) is 2.67. The van der Waals surface area contributed by atoms with Gasteiger partial charge in [-0.2, -0.15) is 0 Å². The number of rotatable bonds is 6. The lowest BCUT2D eigenvalue weighted by Gasteiger charge is -2.36. The third-order valence-electron chi connectivity index (χ3n) is 4.99. The van der Waals surface area contributed by atoms with Crippen LogP contribution in [0.2, 0.25) is 0 Å². The maximum atomic E-state index is 12.4. The predicted molar refractivity (Wildman–Crippen MR) is 82.4 cm³/mol. The molecule has 1 atom stereocenters. The summed E-state index contributed by atoms with van der Waals surface area (Å²) in [5.74, 6) is 0.381. The van der Waals surface area contributed by atoms with E-state index in [9.17, 15) is 8.42 Å². The monoisotopic (exact) mass is 300 g/mol. The van der Waals surface area contributed by atoms with Crippen molar-refractivity contribution in [1.82, 2.24) is 0 Å². The lowest BCUT2D eigenvalue weighted by atomic mass is 9.93. The maximum absolute atomic E-state index is 12.4. The molecule has 4 heteroatoms. The van der Waals surface area contributed by atoms with Crippen LogP contribution in [0, 0.1) is 0 Å². The van der Waals surface area contributed by atoms with E-state index in [1.54, 1.807) is 0 Å². The van der Waals surface area contributed by atoms with Crippen molar-refractivity contribution in [2.75, 3.05) is 12.4 Å². The van der Waals surface area contributed by atoms with Gasteiger partial charge < -0.3 is 4.74 Å². The third kappa shape index (κ3) is 3.57. The summed E-state index contributed by atoms with van der Waals surface area (Å²) in [6.07, 6.45) is 11.9. The van der Waals surface area contributed by atoms with Gasteiger partial charge in [-0.25, -0.2) is 8.42 Å². The highest BCUT2D eigenvalue weighted by molar-refractivity contribution is 7.92. The van der Waals surface area contributed by atoms with E-state index in [0.717, 1.165) is 38.5 Å². The Morgan fingerprint density at radius 2 is 1.95 bits per heavy atom. The first-order valence-corrected chi connectivity index (χ1v) is 9.77. The molecular formula is C16H28O3S. The summed E-state index contributed by atoms with van der Waals surface area (Å²) < 4.78 is 29.9. The van der Waals surface area contributed by atoms with E-state index in [0.29, 0.717) is 12.4 Å². The molecule has 20 heavy (non-hydrogen) atoms. The Bertz CT molecular complexity index is 431. The zero-order chi connectivity index (χ0) is 14.5. The van der Waals surface area contributed by atoms with Crippen LogP contribution in [-0.4, -0.2) is 25.5 Å². The topological polar surface area (TPSA) is 43.4 Å². The van der Waals surface area contributed by atoms with E-state index in [4.69, 9.17) is 4.74 Å². The minimum atomic E-state index is -2.91. The standard InChI is InChI=1S/C16H28O3S/c1-2-16(10-5-6-13-20(16,17)18)11-7-12-19-14-15-8-3-4-9-15/h14H,2-13H2,1H3. The Hall–Kier alpha value is -0.510. The van der Waals surface area contributed by atoms with Gasteiger partial charge in [-0.3, -0.25) is 0 Å². The molecular weight excluding hydrogens is 272 g/mol. The van der Waals surface area contributed by atoms with E-state index in [1.165, 1.54) is 31.3 Å². The van der Waals surface area contributed by atoms with Crippen LogP contribution >= 0.6 is 0 Å². The summed E-state index contributed by atoms with van der Waals surface area (Å²) >= 11 is 0. The molecule has 1 saturated carbocycles. The van der Waals surface area contributed by atoms with Gasteiger partial charge in [0.2, 0.25) is 0 Å². The van der Waals surface area contributed by atoms with E-state index in [2.05, 4.69) is 0 Å². The SMILES string of the molecule is CCC1(CCCOC=C2CCCC2)CCCCS1(=O)=O. The van der Waals surface area contributed by atoms with Gasteiger partial charge in [-0.15, -0.1) is 0 Å². The number of sulfone groups is 1. The molecule has 0 aromatic heterocycles. The quantitative estimate of drug-likeness (QED) is 0.550. The Kier molecular flexibility index (Phi) is 5.53. The zero-order valence-corrected chi connectivity index (χ0v) is 13.5. The van der Waals surface area contributed by atoms with Crippen LogP contribution in [0.15, 0.2) is 11.8 Å². The van der Waals surface area contributed by atoms with Crippen LogP contribution in [0.4, 0.5) is 0 Å². The van der Waals surface area contributed by atoms with Gasteiger partial charge in [0.1, 0.15) is 0 Å². The van der Waals surface area contributed by atoms with Gasteiger partial charge in [-0.1, -0.05) is 13.3 Å². The predicted octanol–water partition coefficient (Wildman–Crippen LogP) is 3.99. The first kappa shape index (κ1) is 15.9. The number of hydrogen-bond acceptors (Lipinski definition) is 3. The fraction of sp³-hybridized carbons (Fsp3) is 0.875. The molecule has 3 nitrogen and oxygen atoms in total. The van der Waals surface area contributed by atoms with Crippen molar-refractivity contribution in [3.63, 3.8) is 0 Å². The van der Waals surface area contributed by atoms with Gasteiger partial charge in [-0.05, 0) is 63.4 Å². The average molecular weight is 300 g/mol. The van der Waals surface area contributed by atoms with E-state index in [-0.39, 0.29) is 0 Å². The molecule has 0 aromatic carbocycles. The molecule has 0 N–H and O–H groups in total. The summed E-state index contributed by atoms with van der Waals surface area (Å²) in [7, 11) is -2.91. The van der Waals surface area contributed by atoms with Gasteiger partial charge in [0.05, 0.1) is 23.4 Å². The Morgan fingerprint density at radius 3 is 2.60 bits per heavy atom.